The Hall–Kier alpha value is -2.01. The van der Waals surface area contributed by atoms with Crippen LogP contribution in [0, 0.1) is 6.92 Å². The third-order valence-corrected chi connectivity index (χ3v) is 3.10. The largest absolute Gasteiger partial charge is 0.398 e. The number of amides is 1. The molecule has 19 heavy (non-hydrogen) atoms. The van der Waals surface area contributed by atoms with E-state index < -0.39 is 0 Å². The Morgan fingerprint density at radius 2 is 2.26 bits per heavy atom. The first kappa shape index (κ1) is 13.4. The monoisotopic (exact) mass is 279 g/mol. The van der Waals surface area contributed by atoms with E-state index in [1.807, 2.05) is 0 Å². The van der Waals surface area contributed by atoms with E-state index in [9.17, 15) is 4.79 Å². The van der Waals surface area contributed by atoms with Crippen molar-refractivity contribution < 1.29 is 9.32 Å². The molecule has 0 aliphatic rings. The molecule has 2 N–H and O–H groups in total. The molecule has 0 saturated carbocycles. The highest BCUT2D eigenvalue weighted by Gasteiger charge is 2.17. The zero-order valence-electron chi connectivity index (χ0n) is 10.7. The molecule has 2 aromatic rings. The molecular formula is C13H14ClN3O2. The van der Waals surface area contributed by atoms with Crippen molar-refractivity contribution in [3.63, 3.8) is 0 Å². The van der Waals surface area contributed by atoms with Gasteiger partial charge in [0.15, 0.2) is 0 Å². The highest BCUT2D eigenvalue weighted by atomic mass is 35.5. The van der Waals surface area contributed by atoms with Crippen LogP contribution in [0.3, 0.4) is 0 Å². The van der Waals surface area contributed by atoms with Crippen molar-refractivity contribution in [1.29, 1.82) is 0 Å². The van der Waals surface area contributed by atoms with Crippen molar-refractivity contribution in [2.75, 3.05) is 12.8 Å². The van der Waals surface area contributed by atoms with Gasteiger partial charge < -0.3 is 15.2 Å². The van der Waals surface area contributed by atoms with Gasteiger partial charge in [-0.25, -0.2) is 0 Å². The van der Waals surface area contributed by atoms with E-state index in [1.54, 1.807) is 38.2 Å². The van der Waals surface area contributed by atoms with Crippen molar-refractivity contribution in [3.8, 4) is 0 Å². The third-order valence-electron chi connectivity index (χ3n) is 2.68. The lowest BCUT2D eigenvalue weighted by Crippen LogP contribution is -2.26. The van der Waals surface area contributed by atoms with E-state index >= 15 is 0 Å². The Balaban J connectivity index is 2.17. The smallest absolute Gasteiger partial charge is 0.255 e. The number of benzene rings is 1. The van der Waals surface area contributed by atoms with Crippen molar-refractivity contribution in [1.82, 2.24) is 10.1 Å². The maximum absolute atomic E-state index is 12.3. The maximum Gasteiger partial charge on any atom is 0.255 e. The molecule has 0 radical (unpaired) electrons. The molecule has 1 aromatic heterocycles. The summed E-state index contributed by atoms with van der Waals surface area (Å²) in [6, 6.07) is 6.78. The van der Waals surface area contributed by atoms with Crippen LogP contribution in [0.25, 0.3) is 0 Å². The fraction of sp³-hybridized carbons (Fsp3) is 0.231. The minimum atomic E-state index is -0.210. The van der Waals surface area contributed by atoms with Gasteiger partial charge in [0.25, 0.3) is 5.91 Å². The van der Waals surface area contributed by atoms with Crippen LogP contribution >= 0.6 is 11.6 Å². The molecule has 1 aromatic carbocycles. The van der Waals surface area contributed by atoms with E-state index in [2.05, 4.69) is 5.16 Å². The number of nitrogens with zero attached hydrogens (tertiary/aromatic N) is 2. The van der Waals surface area contributed by atoms with Gasteiger partial charge in [0.1, 0.15) is 11.5 Å². The van der Waals surface area contributed by atoms with Crippen molar-refractivity contribution in [2.45, 2.75) is 13.5 Å². The van der Waals surface area contributed by atoms with Gasteiger partial charge in [0, 0.05) is 13.1 Å². The van der Waals surface area contributed by atoms with E-state index in [0.717, 1.165) is 0 Å². The van der Waals surface area contributed by atoms with E-state index in [-0.39, 0.29) is 10.9 Å². The highest BCUT2D eigenvalue weighted by Crippen LogP contribution is 2.24. The quantitative estimate of drug-likeness (QED) is 0.876. The molecule has 100 valence electrons. The van der Waals surface area contributed by atoms with Crippen LogP contribution in [-0.4, -0.2) is 23.0 Å². The Morgan fingerprint density at radius 3 is 2.89 bits per heavy atom. The summed E-state index contributed by atoms with van der Waals surface area (Å²) in [5.41, 5.74) is 7.14. The summed E-state index contributed by atoms with van der Waals surface area (Å²) in [6.45, 7) is 2.15. The molecule has 0 aliphatic carbocycles. The fourth-order valence-corrected chi connectivity index (χ4v) is 1.93. The average molecular weight is 280 g/mol. The van der Waals surface area contributed by atoms with Gasteiger partial charge in [-0.1, -0.05) is 22.8 Å². The van der Waals surface area contributed by atoms with E-state index in [1.165, 1.54) is 4.90 Å². The first-order valence-corrected chi connectivity index (χ1v) is 6.08. The summed E-state index contributed by atoms with van der Waals surface area (Å²) >= 11 is 6.03. The van der Waals surface area contributed by atoms with Gasteiger partial charge >= 0.3 is 0 Å². The van der Waals surface area contributed by atoms with Crippen LogP contribution in [-0.2, 0) is 6.54 Å². The topological polar surface area (TPSA) is 72.4 Å². The molecule has 0 bridgehead atoms. The van der Waals surface area contributed by atoms with Gasteiger partial charge in [-0.15, -0.1) is 0 Å². The molecule has 5 nitrogen and oxygen atoms in total. The lowest BCUT2D eigenvalue weighted by molar-refractivity contribution is 0.0782. The highest BCUT2D eigenvalue weighted by molar-refractivity contribution is 6.36. The number of carbonyl (C=O) groups excluding carboxylic acids is 1. The summed E-state index contributed by atoms with van der Waals surface area (Å²) < 4.78 is 4.96. The van der Waals surface area contributed by atoms with Gasteiger partial charge in [0.05, 0.1) is 22.8 Å². The van der Waals surface area contributed by atoms with Crippen LogP contribution in [0.15, 0.2) is 28.8 Å². The lowest BCUT2D eigenvalue weighted by atomic mass is 10.1. The standard InChI is InChI=1S/C13H14ClN3O2/c1-8-6-9(16-19-8)7-17(2)13(18)10-4-3-5-11(15)12(10)14/h3-6H,7,15H2,1-2H3. The molecule has 0 atom stereocenters. The van der Waals surface area contributed by atoms with Gasteiger partial charge in [-0.05, 0) is 19.1 Å². The number of aryl methyl sites for hydroxylation is 1. The van der Waals surface area contributed by atoms with Crippen molar-refractivity contribution in [2.24, 2.45) is 0 Å². The van der Waals surface area contributed by atoms with Gasteiger partial charge in [-0.3, -0.25) is 4.79 Å². The predicted molar refractivity (Wildman–Crippen MR) is 72.9 cm³/mol. The number of anilines is 1. The van der Waals surface area contributed by atoms with Crippen LogP contribution in [0.5, 0.6) is 0 Å². The molecule has 2 rings (SSSR count). The molecule has 6 heteroatoms. The third kappa shape index (κ3) is 2.88. The second-order valence-corrected chi connectivity index (χ2v) is 4.68. The molecule has 0 fully saturated rings. The molecular weight excluding hydrogens is 266 g/mol. The number of rotatable bonds is 3. The van der Waals surface area contributed by atoms with E-state index in [4.69, 9.17) is 21.9 Å². The van der Waals surface area contributed by atoms with E-state index in [0.29, 0.717) is 29.2 Å². The lowest BCUT2D eigenvalue weighted by Gasteiger charge is -2.16. The fourth-order valence-electron chi connectivity index (χ4n) is 1.73. The number of nitrogen functional groups attached to an aromatic ring is 1. The van der Waals surface area contributed by atoms with Crippen molar-refractivity contribution >= 4 is 23.2 Å². The van der Waals surface area contributed by atoms with Crippen LogP contribution in [0.1, 0.15) is 21.8 Å². The summed E-state index contributed by atoms with van der Waals surface area (Å²) in [5.74, 6) is 0.496. The predicted octanol–water partition coefficient (Wildman–Crippen LogP) is 2.49. The zero-order chi connectivity index (χ0) is 14.0. The van der Waals surface area contributed by atoms with Crippen LogP contribution in [0.4, 0.5) is 5.69 Å². The molecule has 0 saturated heterocycles. The zero-order valence-corrected chi connectivity index (χ0v) is 11.4. The molecule has 0 unspecified atom stereocenters. The second kappa shape index (κ2) is 5.32. The summed E-state index contributed by atoms with van der Waals surface area (Å²) in [4.78, 5) is 13.8. The summed E-state index contributed by atoms with van der Waals surface area (Å²) in [7, 11) is 1.67. The molecule has 0 spiro atoms. The Kier molecular flexibility index (Phi) is 3.76. The number of hydrogen-bond donors (Lipinski definition) is 1. The minimum Gasteiger partial charge on any atom is -0.398 e. The number of nitrogens with two attached hydrogens (primary N) is 1. The first-order chi connectivity index (χ1) is 8.99. The van der Waals surface area contributed by atoms with Gasteiger partial charge in [0.2, 0.25) is 0 Å². The Labute approximate surface area is 115 Å². The number of aromatic nitrogens is 1. The molecule has 1 heterocycles. The normalized spacial score (nSPS) is 10.5. The van der Waals surface area contributed by atoms with Gasteiger partial charge in [-0.2, -0.15) is 0 Å². The second-order valence-electron chi connectivity index (χ2n) is 4.30. The number of carbonyl (C=O) groups is 1. The first-order valence-electron chi connectivity index (χ1n) is 5.70. The number of halogens is 1. The van der Waals surface area contributed by atoms with Crippen LogP contribution in [0.2, 0.25) is 5.02 Å². The molecule has 0 aliphatic heterocycles. The Morgan fingerprint density at radius 1 is 1.53 bits per heavy atom. The SMILES string of the molecule is Cc1cc(CN(C)C(=O)c2cccc(N)c2Cl)no1. The summed E-state index contributed by atoms with van der Waals surface area (Å²) in [5, 5.41) is 4.12. The summed E-state index contributed by atoms with van der Waals surface area (Å²) in [6.07, 6.45) is 0. The minimum absolute atomic E-state index is 0.210. The maximum atomic E-state index is 12.3. The van der Waals surface area contributed by atoms with Crippen molar-refractivity contribution in [3.05, 3.63) is 46.3 Å². The van der Waals surface area contributed by atoms with Crippen LogP contribution < -0.4 is 5.73 Å². The molecule has 1 amide bonds. The number of hydrogen-bond acceptors (Lipinski definition) is 4. The average Bonchev–Trinajstić information content (AvgIpc) is 2.77. The Bertz CT molecular complexity index is 610.